The quantitative estimate of drug-likeness (QED) is 0.463. The van der Waals surface area contributed by atoms with Crippen molar-refractivity contribution in [1.29, 1.82) is 0 Å². The van der Waals surface area contributed by atoms with E-state index in [2.05, 4.69) is 13.5 Å². The van der Waals surface area contributed by atoms with Crippen LogP contribution in [0.4, 0.5) is 0 Å². The van der Waals surface area contributed by atoms with E-state index in [1.54, 1.807) is 21.3 Å². The second kappa shape index (κ2) is 7.17. The summed E-state index contributed by atoms with van der Waals surface area (Å²) in [6, 6.07) is 0.867. The lowest BCUT2D eigenvalue weighted by molar-refractivity contribution is 0.121. The Morgan fingerprint density at radius 1 is 1.21 bits per heavy atom. The van der Waals surface area contributed by atoms with Gasteiger partial charge in [0, 0.05) is 27.4 Å². The first-order valence-corrected chi connectivity index (χ1v) is 6.83. The summed E-state index contributed by atoms with van der Waals surface area (Å²) in [5.41, 5.74) is 0. The molecule has 0 aromatic rings. The highest BCUT2D eigenvalue weighted by atomic mass is 28.4. The molecule has 4 heteroatoms. The SMILES string of the molecule is C=CCC(C)CC[Si](OC)(OC)OC. The topological polar surface area (TPSA) is 27.7 Å². The second-order valence-corrected chi connectivity index (χ2v) is 6.55. The van der Waals surface area contributed by atoms with Gasteiger partial charge in [0.1, 0.15) is 0 Å². The van der Waals surface area contributed by atoms with Crippen LogP contribution in [0.25, 0.3) is 0 Å². The highest BCUT2D eigenvalue weighted by Crippen LogP contribution is 2.20. The average molecular weight is 218 g/mol. The monoisotopic (exact) mass is 218 g/mol. The molecule has 0 saturated heterocycles. The van der Waals surface area contributed by atoms with Crippen molar-refractivity contribution >= 4 is 8.80 Å². The maximum absolute atomic E-state index is 5.33. The molecule has 84 valence electrons. The molecule has 0 saturated carbocycles. The molecule has 1 atom stereocenters. The fourth-order valence-corrected chi connectivity index (χ4v) is 3.34. The van der Waals surface area contributed by atoms with Crippen molar-refractivity contribution in [2.75, 3.05) is 21.3 Å². The zero-order valence-corrected chi connectivity index (χ0v) is 10.7. The van der Waals surface area contributed by atoms with Gasteiger partial charge in [-0.05, 0) is 18.8 Å². The lowest BCUT2D eigenvalue weighted by Crippen LogP contribution is -2.42. The molecule has 0 N–H and O–H groups in total. The molecule has 0 aliphatic rings. The largest absolute Gasteiger partial charge is 0.500 e. The molecule has 0 spiro atoms. The van der Waals surface area contributed by atoms with Crippen LogP contribution < -0.4 is 0 Å². The zero-order chi connectivity index (χ0) is 11.0. The van der Waals surface area contributed by atoms with Gasteiger partial charge in [-0.15, -0.1) is 6.58 Å². The van der Waals surface area contributed by atoms with Gasteiger partial charge in [-0.2, -0.15) is 0 Å². The van der Waals surface area contributed by atoms with Crippen molar-refractivity contribution in [3.8, 4) is 0 Å². The first kappa shape index (κ1) is 13.8. The lowest BCUT2D eigenvalue weighted by Gasteiger charge is -2.25. The molecule has 0 aromatic carbocycles. The lowest BCUT2D eigenvalue weighted by atomic mass is 10.1. The Morgan fingerprint density at radius 2 is 1.71 bits per heavy atom. The number of hydrogen-bond acceptors (Lipinski definition) is 3. The van der Waals surface area contributed by atoms with Crippen molar-refractivity contribution in [3.05, 3.63) is 12.7 Å². The van der Waals surface area contributed by atoms with E-state index in [9.17, 15) is 0 Å². The van der Waals surface area contributed by atoms with E-state index in [1.165, 1.54) is 0 Å². The first-order chi connectivity index (χ1) is 6.64. The molecule has 0 amide bonds. The van der Waals surface area contributed by atoms with E-state index < -0.39 is 8.80 Å². The van der Waals surface area contributed by atoms with Gasteiger partial charge in [-0.3, -0.25) is 0 Å². The minimum atomic E-state index is -2.34. The highest BCUT2D eigenvalue weighted by molar-refractivity contribution is 6.60. The van der Waals surface area contributed by atoms with E-state index in [0.29, 0.717) is 5.92 Å². The summed E-state index contributed by atoms with van der Waals surface area (Å²) in [6.45, 7) is 5.92. The van der Waals surface area contributed by atoms with Crippen LogP contribution in [0.15, 0.2) is 12.7 Å². The van der Waals surface area contributed by atoms with Crippen LogP contribution in [0.2, 0.25) is 6.04 Å². The molecule has 0 aromatic heterocycles. The Labute approximate surface area is 88.4 Å². The summed E-state index contributed by atoms with van der Waals surface area (Å²) in [5, 5.41) is 0. The average Bonchev–Trinajstić information content (AvgIpc) is 2.21. The van der Waals surface area contributed by atoms with E-state index in [0.717, 1.165) is 18.9 Å². The molecule has 0 bridgehead atoms. The molecular weight excluding hydrogens is 196 g/mol. The van der Waals surface area contributed by atoms with E-state index in [-0.39, 0.29) is 0 Å². The van der Waals surface area contributed by atoms with Crippen LogP contribution in [0.3, 0.4) is 0 Å². The van der Waals surface area contributed by atoms with Crippen LogP contribution in [0.1, 0.15) is 19.8 Å². The normalized spacial score (nSPS) is 14.0. The summed E-state index contributed by atoms with van der Waals surface area (Å²) in [4.78, 5) is 0. The molecule has 0 fully saturated rings. The van der Waals surface area contributed by atoms with Gasteiger partial charge in [0.2, 0.25) is 0 Å². The third-order valence-corrected chi connectivity index (χ3v) is 5.21. The Hall–Kier alpha value is -0.163. The van der Waals surface area contributed by atoms with Crippen LogP contribution in [-0.2, 0) is 13.3 Å². The van der Waals surface area contributed by atoms with Crippen molar-refractivity contribution in [2.24, 2.45) is 5.92 Å². The minimum Gasteiger partial charge on any atom is -0.377 e. The Morgan fingerprint density at radius 3 is 2.07 bits per heavy atom. The van der Waals surface area contributed by atoms with E-state index >= 15 is 0 Å². The third kappa shape index (κ3) is 4.37. The van der Waals surface area contributed by atoms with Gasteiger partial charge in [-0.25, -0.2) is 0 Å². The number of rotatable bonds is 8. The number of hydrogen-bond donors (Lipinski definition) is 0. The molecule has 0 heterocycles. The maximum atomic E-state index is 5.33. The van der Waals surface area contributed by atoms with Gasteiger partial charge < -0.3 is 13.3 Å². The smallest absolute Gasteiger partial charge is 0.377 e. The minimum absolute atomic E-state index is 0.611. The van der Waals surface area contributed by atoms with Crippen molar-refractivity contribution in [3.63, 3.8) is 0 Å². The standard InChI is InChI=1S/C10H22O3Si/c1-6-7-10(2)8-9-14(11-3,12-4)13-5/h6,10H,1,7-9H2,2-5H3. The molecule has 1 unspecified atom stereocenters. The zero-order valence-electron chi connectivity index (χ0n) is 9.71. The van der Waals surface area contributed by atoms with Gasteiger partial charge in [0.25, 0.3) is 0 Å². The van der Waals surface area contributed by atoms with Crippen LogP contribution in [0, 0.1) is 5.92 Å². The highest BCUT2D eigenvalue weighted by Gasteiger charge is 2.37. The predicted octanol–water partition coefficient (Wildman–Crippen LogP) is 2.47. The summed E-state index contributed by atoms with van der Waals surface area (Å²) in [6.07, 6.45) is 4.02. The Bertz CT molecular complexity index is 149. The third-order valence-electron chi connectivity index (χ3n) is 2.45. The molecule has 0 rings (SSSR count). The first-order valence-electron chi connectivity index (χ1n) is 4.90. The fourth-order valence-electron chi connectivity index (χ4n) is 1.38. The van der Waals surface area contributed by atoms with Crippen LogP contribution in [-0.4, -0.2) is 30.1 Å². The maximum Gasteiger partial charge on any atom is 0.500 e. The van der Waals surface area contributed by atoms with E-state index in [4.69, 9.17) is 13.3 Å². The number of allylic oxidation sites excluding steroid dienone is 1. The van der Waals surface area contributed by atoms with Crippen molar-refractivity contribution in [2.45, 2.75) is 25.8 Å². The van der Waals surface area contributed by atoms with Gasteiger partial charge >= 0.3 is 8.80 Å². The fraction of sp³-hybridized carbons (Fsp3) is 0.800. The van der Waals surface area contributed by atoms with Crippen LogP contribution in [0.5, 0.6) is 0 Å². The molecule has 3 nitrogen and oxygen atoms in total. The second-order valence-electron chi connectivity index (χ2n) is 3.46. The summed E-state index contributed by atoms with van der Waals surface area (Å²) < 4.78 is 16.0. The summed E-state index contributed by atoms with van der Waals surface area (Å²) >= 11 is 0. The van der Waals surface area contributed by atoms with Gasteiger partial charge in [0.05, 0.1) is 0 Å². The molecule has 14 heavy (non-hydrogen) atoms. The predicted molar refractivity (Wildman–Crippen MR) is 60.2 cm³/mol. The molecular formula is C10H22O3Si. The molecule has 0 radical (unpaired) electrons. The van der Waals surface area contributed by atoms with Crippen molar-refractivity contribution in [1.82, 2.24) is 0 Å². The summed E-state index contributed by atoms with van der Waals surface area (Å²) in [5.74, 6) is 0.611. The van der Waals surface area contributed by atoms with Gasteiger partial charge in [0.15, 0.2) is 0 Å². The molecule has 0 aliphatic carbocycles. The Balaban J connectivity index is 3.98. The van der Waals surface area contributed by atoms with E-state index in [1.807, 2.05) is 6.08 Å². The van der Waals surface area contributed by atoms with Crippen molar-refractivity contribution < 1.29 is 13.3 Å². The van der Waals surface area contributed by atoms with Gasteiger partial charge in [-0.1, -0.05) is 13.0 Å². The van der Waals surface area contributed by atoms with Crippen LogP contribution >= 0.6 is 0 Å². The Kier molecular flexibility index (Phi) is 7.09. The molecule has 0 aliphatic heterocycles. The summed E-state index contributed by atoms with van der Waals surface area (Å²) in [7, 11) is 2.61.